The zero-order valence-electron chi connectivity index (χ0n) is 10.8. The lowest BCUT2D eigenvalue weighted by Gasteiger charge is -2.09. The second-order valence-electron chi connectivity index (χ2n) is 3.81. The molecule has 0 radical (unpaired) electrons. The Hall–Kier alpha value is -0.745. The van der Waals surface area contributed by atoms with Crippen LogP contribution < -0.4 is 10.8 Å². The van der Waals surface area contributed by atoms with E-state index in [1.54, 1.807) is 24.3 Å². The first-order valence-corrected chi connectivity index (χ1v) is 6.32. The van der Waals surface area contributed by atoms with Gasteiger partial charge in [0.25, 0.3) is 0 Å². The second kappa shape index (κ2) is 10.2. The van der Waals surface area contributed by atoms with E-state index in [-0.39, 0.29) is 6.15 Å². The third kappa shape index (κ3) is 7.56. The maximum absolute atomic E-state index is 9.45. The molecule has 1 rings (SSSR count). The summed E-state index contributed by atoms with van der Waals surface area (Å²) in [6, 6.07) is 6.77. The molecule has 4 nitrogen and oxygen atoms in total. The molecular formula is C12H21BClNO3. The molecule has 4 N–H and O–H groups in total. The molecule has 0 spiro atoms. The first kappa shape index (κ1) is 17.3. The molecule has 0 aromatic heterocycles. The van der Waals surface area contributed by atoms with Gasteiger partial charge in [-0.15, -0.1) is 0 Å². The molecule has 18 heavy (non-hydrogen) atoms. The van der Waals surface area contributed by atoms with Crippen LogP contribution in [0.15, 0.2) is 24.3 Å². The van der Waals surface area contributed by atoms with E-state index in [1.807, 2.05) is 0 Å². The zero-order valence-corrected chi connectivity index (χ0v) is 11.5. The molecule has 0 aliphatic rings. The lowest BCUT2D eigenvalue weighted by atomic mass is 10.2. The Bertz CT molecular complexity index is 311. The molecule has 0 saturated carbocycles. The smallest absolute Gasteiger partial charge is 0.512 e. The second-order valence-corrected chi connectivity index (χ2v) is 4.25. The van der Waals surface area contributed by atoms with Crippen molar-refractivity contribution < 1.29 is 14.3 Å². The third-order valence-corrected chi connectivity index (χ3v) is 2.56. The Morgan fingerprint density at radius 2 is 1.83 bits per heavy atom. The maximum Gasteiger partial charge on any atom is 0.710 e. The Balaban J connectivity index is 0.00000289. The largest absolute Gasteiger partial charge is 0.710 e. The van der Waals surface area contributed by atoms with E-state index in [1.165, 1.54) is 12.8 Å². The Morgan fingerprint density at radius 3 is 2.44 bits per heavy atom. The highest BCUT2D eigenvalue weighted by Gasteiger charge is 2.17. The summed E-state index contributed by atoms with van der Waals surface area (Å²) in [6.45, 7) is 2.66. The van der Waals surface area contributed by atoms with Gasteiger partial charge in [0.15, 0.2) is 0 Å². The van der Waals surface area contributed by atoms with Gasteiger partial charge < -0.3 is 20.5 Å². The van der Waals surface area contributed by atoms with Gasteiger partial charge in [-0.1, -0.05) is 37.8 Å². The van der Waals surface area contributed by atoms with Gasteiger partial charge in [0.1, 0.15) is 5.75 Å². The first-order valence-electron chi connectivity index (χ1n) is 5.94. The monoisotopic (exact) mass is 273 g/mol. The molecule has 0 bridgehead atoms. The van der Waals surface area contributed by atoms with Crippen molar-refractivity contribution in [1.82, 2.24) is 6.15 Å². The van der Waals surface area contributed by atoms with Crippen LogP contribution in [-0.2, 0) is 4.65 Å². The highest BCUT2D eigenvalue weighted by molar-refractivity contribution is 6.35. The van der Waals surface area contributed by atoms with Crippen molar-refractivity contribution in [2.75, 3.05) is 6.61 Å². The molecule has 0 unspecified atom stereocenters. The first-order chi connectivity index (χ1) is 8.22. The molecule has 0 saturated heterocycles. The summed E-state index contributed by atoms with van der Waals surface area (Å²) in [6.07, 6.45) is 4.43. The Morgan fingerprint density at radius 1 is 1.17 bits per heavy atom. The Labute approximate surface area is 114 Å². The van der Waals surface area contributed by atoms with E-state index in [9.17, 15) is 5.02 Å². The number of halogens is 1. The van der Waals surface area contributed by atoms with Crippen LogP contribution in [0.4, 0.5) is 0 Å². The predicted octanol–water partition coefficient (Wildman–Crippen LogP) is 3.45. The molecule has 0 aliphatic heterocycles. The molecule has 1 aromatic carbocycles. The average Bonchev–Trinajstić information content (AvgIpc) is 2.32. The van der Waals surface area contributed by atoms with Gasteiger partial charge in [0.05, 0.1) is 0 Å². The molecule has 0 heterocycles. The number of rotatable bonds is 8. The minimum absolute atomic E-state index is 0. The van der Waals surface area contributed by atoms with Crippen LogP contribution in [0, 0.1) is 0 Å². The van der Waals surface area contributed by atoms with E-state index < -0.39 is 7.32 Å². The minimum atomic E-state index is -1.21. The normalized spacial score (nSPS) is 9.72. The van der Waals surface area contributed by atoms with Crippen LogP contribution in [0.3, 0.4) is 0 Å². The summed E-state index contributed by atoms with van der Waals surface area (Å²) >= 11 is 5.73. The molecule has 0 amide bonds. The standard InChI is InChI=1S/C12H18BClO3.H3N/c1-2-3-4-5-10-16-13(15)17-12-8-6-11(14)7-9-12;/h6-9,15H,2-5,10H2,1H3;1H3. The highest BCUT2D eigenvalue weighted by atomic mass is 35.5. The number of hydrogen-bond donors (Lipinski definition) is 2. The lowest BCUT2D eigenvalue weighted by molar-refractivity contribution is 0.189. The van der Waals surface area contributed by atoms with Gasteiger partial charge >= 0.3 is 7.32 Å². The fourth-order valence-corrected chi connectivity index (χ4v) is 1.50. The van der Waals surface area contributed by atoms with E-state index in [2.05, 4.69) is 6.92 Å². The molecular weight excluding hydrogens is 252 g/mol. The van der Waals surface area contributed by atoms with Crippen molar-refractivity contribution in [2.24, 2.45) is 0 Å². The van der Waals surface area contributed by atoms with E-state index >= 15 is 0 Å². The minimum Gasteiger partial charge on any atom is -0.512 e. The Kier molecular flexibility index (Phi) is 9.78. The highest BCUT2D eigenvalue weighted by Crippen LogP contribution is 2.15. The molecule has 6 heteroatoms. The quantitative estimate of drug-likeness (QED) is 0.562. The zero-order chi connectivity index (χ0) is 12.5. The van der Waals surface area contributed by atoms with Crippen molar-refractivity contribution in [1.29, 1.82) is 0 Å². The summed E-state index contributed by atoms with van der Waals surface area (Å²) in [4.78, 5) is 0. The van der Waals surface area contributed by atoms with Gasteiger partial charge in [-0.05, 0) is 30.7 Å². The molecule has 1 aromatic rings. The van der Waals surface area contributed by atoms with Gasteiger partial charge in [-0.25, -0.2) is 0 Å². The van der Waals surface area contributed by atoms with Crippen LogP contribution in [-0.4, -0.2) is 19.0 Å². The average molecular weight is 274 g/mol. The van der Waals surface area contributed by atoms with Crippen LogP contribution in [0.25, 0.3) is 0 Å². The van der Waals surface area contributed by atoms with E-state index in [0.29, 0.717) is 17.4 Å². The van der Waals surface area contributed by atoms with E-state index in [4.69, 9.17) is 20.9 Å². The third-order valence-electron chi connectivity index (χ3n) is 2.31. The lowest BCUT2D eigenvalue weighted by Crippen LogP contribution is -2.26. The maximum atomic E-state index is 9.45. The van der Waals surface area contributed by atoms with Crippen molar-refractivity contribution in [3.8, 4) is 5.75 Å². The fourth-order valence-electron chi connectivity index (χ4n) is 1.38. The van der Waals surface area contributed by atoms with Crippen molar-refractivity contribution in [2.45, 2.75) is 32.6 Å². The van der Waals surface area contributed by atoms with Gasteiger partial charge in [-0.2, -0.15) is 0 Å². The SMILES string of the molecule is CCCCCCOB(O)Oc1ccc(Cl)cc1.N. The number of benzene rings is 1. The van der Waals surface area contributed by atoms with Crippen LogP contribution >= 0.6 is 11.6 Å². The van der Waals surface area contributed by atoms with Gasteiger partial charge in [0, 0.05) is 11.6 Å². The van der Waals surface area contributed by atoms with Crippen molar-refractivity contribution >= 4 is 18.9 Å². The summed E-state index contributed by atoms with van der Waals surface area (Å²) in [5.41, 5.74) is 0. The number of unbranched alkanes of at least 4 members (excludes halogenated alkanes) is 3. The summed E-state index contributed by atoms with van der Waals surface area (Å²) in [5.74, 6) is 0.537. The van der Waals surface area contributed by atoms with Gasteiger partial charge in [0.2, 0.25) is 0 Å². The van der Waals surface area contributed by atoms with Crippen molar-refractivity contribution in [3.05, 3.63) is 29.3 Å². The fraction of sp³-hybridized carbons (Fsp3) is 0.500. The molecule has 0 fully saturated rings. The van der Waals surface area contributed by atoms with Crippen LogP contribution in [0.5, 0.6) is 5.75 Å². The molecule has 0 aliphatic carbocycles. The summed E-state index contributed by atoms with van der Waals surface area (Å²) in [7, 11) is -1.21. The predicted molar refractivity (Wildman–Crippen MR) is 75.2 cm³/mol. The topological polar surface area (TPSA) is 73.7 Å². The summed E-state index contributed by atoms with van der Waals surface area (Å²) in [5, 5.41) is 10.1. The van der Waals surface area contributed by atoms with Gasteiger partial charge in [-0.3, -0.25) is 0 Å². The summed E-state index contributed by atoms with van der Waals surface area (Å²) < 4.78 is 10.3. The molecule has 0 atom stereocenters. The number of hydrogen-bond acceptors (Lipinski definition) is 4. The van der Waals surface area contributed by atoms with E-state index in [0.717, 1.165) is 12.8 Å². The van der Waals surface area contributed by atoms with Crippen molar-refractivity contribution in [3.63, 3.8) is 0 Å². The molecule has 102 valence electrons. The van der Waals surface area contributed by atoms with Crippen LogP contribution in [0.2, 0.25) is 5.02 Å². The van der Waals surface area contributed by atoms with Crippen LogP contribution in [0.1, 0.15) is 32.6 Å².